The van der Waals surface area contributed by atoms with Crippen molar-refractivity contribution in [2.24, 2.45) is 0 Å². The second kappa shape index (κ2) is 8.44. The highest BCUT2D eigenvalue weighted by Crippen LogP contribution is 2.17. The lowest BCUT2D eigenvalue weighted by atomic mass is 10.2. The number of benzene rings is 3. The first-order valence-corrected chi connectivity index (χ1v) is 9.15. The van der Waals surface area contributed by atoms with Crippen LogP contribution in [0.3, 0.4) is 0 Å². The van der Waals surface area contributed by atoms with Gasteiger partial charge in [0.05, 0.1) is 15.6 Å². The lowest BCUT2D eigenvalue weighted by Crippen LogP contribution is -2.43. The van der Waals surface area contributed by atoms with E-state index >= 15 is 0 Å². The summed E-state index contributed by atoms with van der Waals surface area (Å²) in [4.78, 5) is 13.8. The van der Waals surface area contributed by atoms with Crippen molar-refractivity contribution in [1.29, 1.82) is 0 Å². The van der Waals surface area contributed by atoms with Gasteiger partial charge < -0.3 is 0 Å². The van der Waals surface area contributed by atoms with Gasteiger partial charge in [0.15, 0.2) is 5.69 Å². The molecule has 4 aromatic rings. The minimum absolute atomic E-state index is 0. The van der Waals surface area contributed by atoms with Crippen LogP contribution in [0.5, 0.6) is 0 Å². The molecule has 0 fully saturated rings. The van der Waals surface area contributed by atoms with Crippen LogP contribution in [0.15, 0.2) is 78.9 Å². The Morgan fingerprint density at radius 2 is 1.57 bits per heavy atom. The third-order valence-corrected chi connectivity index (χ3v) is 4.66. The van der Waals surface area contributed by atoms with Crippen molar-refractivity contribution in [2.75, 3.05) is 0 Å². The Labute approximate surface area is 180 Å². The van der Waals surface area contributed by atoms with Crippen molar-refractivity contribution in [2.45, 2.75) is 0 Å². The SMILES string of the molecule is Cl.O=[N+]([O-])c1ccc(-[n+]2nc(-c3ccccc3)nn2-c2ccc(I)cc2)cc1. The predicted molar refractivity (Wildman–Crippen MR) is 115 cm³/mol. The van der Waals surface area contributed by atoms with Gasteiger partial charge in [-0.25, -0.2) is 0 Å². The van der Waals surface area contributed by atoms with Gasteiger partial charge in [-0.15, -0.1) is 12.4 Å². The van der Waals surface area contributed by atoms with E-state index in [-0.39, 0.29) is 18.1 Å². The quantitative estimate of drug-likeness (QED) is 0.180. The van der Waals surface area contributed by atoms with Crippen LogP contribution in [0, 0.1) is 13.7 Å². The van der Waals surface area contributed by atoms with Crippen molar-refractivity contribution >= 4 is 40.7 Å². The van der Waals surface area contributed by atoms with Gasteiger partial charge in [0.2, 0.25) is 0 Å². The molecule has 0 bridgehead atoms. The normalized spacial score (nSPS) is 10.3. The number of rotatable bonds is 4. The zero-order valence-corrected chi connectivity index (χ0v) is 17.3. The van der Waals surface area contributed by atoms with Crippen LogP contribution in [-0.2, 0) is 0 Å². The molecule has 0 unspecified atom stereocenters. The van der Waals surface area contributed by atoms with Crippen molar-refractivity contribution in [1.82, 2.24) is 15.0 Å². The maximum atomic E-state index is 10.9. The third kappa shape index (κ3) is 4.02. The molecule has 0 aliphatic rings. The number of nitrogens with zero attached hydrogens (tertiary/aromatic N) is 5. The summed E-state index contributed by atoms with van der Waals surface area (Å²) in [7, 11) is 0. The Hall–Kier alpha value is -2.85. The largest absolute Gasteiger partial charge is 0.340 e. The predicted octanol–water partition coefficient (Wildman–Crippen LogP) is 4.15. The molecule has 0 saturated heterocycles. The smallest absolute Gasteiger partial charge is 0.258 e. The molecule has 1 heterocycles. The van der Waals surface area contributed by atoms with Crippen molar-refractivity contribution in [3.8, 4) is 22.8 Å². The summed E-state index contributed by atoms with van der Waals surface area (Å²) in [6, 6.07) is 23.8. The average Bonchev–Trinajstić information content (AvgIpc) is 3.15. The van der Waals surface area contributed by atoms with Crippen LogP contribution in [0.1, 0.15) is 0 Å². The van der Waals surface area contributed by atoms with E-state index in [2.05, 4.69) is 32.8 Å². The summed E-state index contributed by atoms with van der Waals surface area (Å²) in [5.41, 5.74) is 2.43. The molecule has 9 heteroatoms. The summed E-state index contributed by atoms with van der Waals surface area (Å²) in [6.07, 6.45) is 0. The van der Waals surface area contributed by atoms with Crippen LogP contribution in [0.25, 0.3) is 22.8 Å². The molecule has 0 radical (unpaired) electrons. The van der Waals surface area contributed by atoms with Crippen molar-refractivity contribution in [3.63, 3.8) is 0 Å². The van der Waals surface area contributed by atoms with Gasteiger partial charge in [-0.2, -0.15) is 0 Å². The number of non-ortho nitro benzene ring substituents is 1. The summed E-state index contributed by atoms with van der Waals surface area (Å²) < 4.78 is 1.11. The Kier molecular flexibility index (Phi) is 6.00. The molecule has 4 rings (SSSR count). The fraction of sp³-hybridized carbons (Fsp3) is 0. The fourth-order valence-corrected chi connectivity index (χ4v) is 2.96. The number of nitro benzene ring substituents is 1. The molecule has 0 amide bonds. The van der Waals surface area contributed by atoms with Gasteiger partial charge in [-0.3, -0.25) is 10.1 Å². The molecular weight excluding hydrogens is 493 g/mol. The molecule has 0 aliphatic heterocycles. The highest BCUT2D eigenvalue weighted by atomic mass is 127. The van der Waals surface area contributed by atoms with Gasteiger partial charge in [0.25, 0.3) is 5.69 Å². The van der Waals surface area contributed by atoms with Crippen LogP contribution in [0.4, 0.5) is 5.69 Å². The first-order chi connectivity index (χ1) is 13.1. The first-order valence-electron chi connectivity index (χ1n) is 8.08. The maximum Gasteiger partial charge on any atom is 0.340 e. The molecule has 0 saturated carbocycles. The fourth-order valence-electron chi connectivity index (χ4n) is 2.60. The van der Waals surface area contributed by atoms with Gasteiger partial charge in [0.1, 0.15) is 5.69 Å². The van der Waals surface area contributed by atoms with E-state index in [4.69, 9.17) is 0 Å². The van der Waals surface area contributed by atoms with Gasteiger partial charge in [0, 0.05) is 20.5 Å². The number of tetrazole rings is 1. The number of hydrogen-bond donors (Lipinski definition) is 0. The summed E-state index contributed by atoms with van der Waals surface area (Å²) in [6.45, 7) is 0. The molecule has 0 N–H and O–H groups in total. The Balaban J connectivity index is 0.00000225. The van der Waals surface area contributed by atoms with Crippen LogP contribution in [-0.4, -0.2) is 19.9 Å². The minimum Gasteiger partial charge on any atom is -0.258 e. The highest BCUT2D eigenvalue weighted by molar-refractivity contribution is 14.1. The number of aromatic nitrogens is 4. The summed E-state index contributed by atoms with van der Waals surface area (Å²) in [5.74, 6) is 0.563. The molecule has 28 heavy (non-hydrogen) atoms. The lowest BCUT2D eigenvalue weighted by Gasteiger charge is -2.00. The van der Waals surface area contributed by atoms with E-state index in [1.165, 1.54) is 12.1 Å². The van der Waals surface area contributed by atoms with E-state index in [1.54, 1.807) is 21.7 Å². The zero-order chi connectivity index (χ0) is 18.8. The molecule has 0 atom stereocenters. The topological polar surface area (TPSA) is 77.7 Å². The number of nitro groups is 1. The van der Waals surface area contributed by atoms with Gasteiger partial charge in [-0.1, -0.05) is 18.2 Å². The Bertz CT molecular complexity index is 1100. The maximum absolute atomic E-state index is 10.9. The number of halogens is 2. The molecule has 140 valence electrons. The molecule has 7 nitrogen and oxygen atoms in total. The standard InChI is InChI=1S/C19H13IN5O2.ClH/c20-15-6-8-16(9-7-15)23-21-19(14-4-2-1-3-5-14)22-24(23)17-10-12-18(13-11-17)25(26)27;/h1-13H;1H/q+1;. The Morgan fingerprint density at radius 1 is 0.929 bits per heavy atom. The minimum atomic E-state index is -0.423. The lowest BCUT2D eigenvalue weighted by molar-refractivity contribution is -0.734. The van der Waals surface area contributed by atoms with Crippen molar-refractivity contribution < 1.29 is 9.72 Å². The summed E-state index contributed by atoms with van der Waals surface area (Å²) >= 11 is 2.24. The third-order valence-electron chi connectivity index (χ3n) is 3.94. The van der Waals surface area contributed by atoms with Gasteiger partial charge >= 0.3 is 5.82 Å². The first kappa shape index (κ1) is 19.9. The molecule has 0 spiro atoms. The second-order valence-electron chi connectivity index (χ2n) is 5.72. The van der Waals surface area contributed by atoms with E-state index in [0.717, 1.165) is 14.8 Å². The molecule has 0 aliphatic carbocycles. The van der Waals surface area contributed by atoms with Gasteiger partial charge in [-0.05, 0) is 81.0 Å². The average molecular weight is 507 g/mol. The van der Waals surface area contributed by atoms with Crippen LogP contribution < -0.4 is 4.80 Å². The monoisotopic (exact) mass is 506 g/mol. The highest BCUT2D eigenvalue weighted by Gasteiger charge is 2.23. The van der Waals surface area contributed by atoms with Crippen LogP contribution >= 0.6 is 35.0 Å². The van der Waals surface area contributed by atoms with E-state index in [0.29, 0.717) is 11.5 Å². The number of hydrogen-bond acceptors (Lipinski definition) is 4. The van der Waals surface area contributed by atoms with Crippen LogP contribution in [0.2, 0.25) is 0 Å². The molecular formula is C19H14ClIN5O2+. The molecule has 3 aromatic carbocycles. The second-order valence-corrected chi connectivity index (χ2v) is 6.96. The zero-order valence-electron chi connectivity index (χ0n) is 14.3. The van der Waals surface area contributed by atoms with E-state index < -0.39 is 4.92 Å². The van der Waals surface area contributed by atoms with E-state index in [9.17, 15) is 10.1 Å². The summed E-state index contributed by atoms with van der Waals surface area (Å²) in [5, 5.41) is 20.2. The molecule has 1 aromatic heterocycles. The van der Waals surface area contributed by atoms with Crippen molar-refractivity contribution in [3.05, 3.63) is 92.5 Å². The van der Waals surface area contributed by atoms with E-state index in [1.807, 2.05) is 54.6 Å². The Morgan fingerprint density at radius 3 is 2.18 bits per heavy atom.